The van der Waals surface area contributed by atoms with E-state index in [0.717, 1.165) is 37.8 Å². The third-order valence-corrected chi connectivity index (χ3v) is 7.51. The zero-order chi connectivity index (χ0) is 21.6. The fourth-order valence-corrected chi connectivity index (χ4v) is 5.38. The van der Waals surface area contributed by atoms with Gasteiger partial charge < -0.3 is 10.2 Å². The van der Waals surface area contributed by atoms with Crippen molar-refractivity contribution in [2.45, 2.75) is 49.5 Å². The van der Waals surface area contributed by atoms with Gasteiger partial charge in [0.2, 0.25) is 15.9 Å². The van der Waals surface area contributed by atoms with Gasteiger partial charge in [0.05, 0.1) is 4.90 Å². The molecule has 166 valence electrons. The summed E-state index contributed by atoms with van der Waals surface area (Å²) in [6.45, 7) is 2.27. The first-order valence-corrected chi connectivity index (χ1v) is 11.9. The van der Waals surface area contributed by atoms with Crippen molar-refractivity contribution in [1.29, 1.82) is 0 Å². The van der Waals surface area contributed by atoms with E-state index in [9.17, 15) is 22.4 Å². The number of rotatable bonds is 6. The maximum absolute atomic E-state index is 13.1. The number of hydrogen-bond acceptors (Lipinski definition) is 5. The second kappa shape index (κ2) is 10.3. The minimum Gasteiger partial charge on any atom is -0.335 e. The summed E-state index contributed by atoms with van der Waals surface area (Å²) in [6.07, 6.45) is 4.90. The normalized spacial score (nSPS) is 19.4. The molecule has 0 radical (unpaired) electrons. The van der Waals surface area contributed by atoms with Crippen LogP contribution in [0.2, 0.25) is 0 Å². The van der Waals surface area contributed by atoms with E-state index in [1.807, 2.05) is 4.90 Å². The topological polar surface area (TPSA) is 98.8 Å². The lowest BCUT2D eigenvalue weighted by atomic mass is 10.2. The molecule has 1 aliphatic heterocycles. The summed E-state index contributed by atoms with van der Waals surface area (Å²) in [6, 6.07) is 4.52. The molecule has 1 heterocycles. The molecule has 30 heavy (non-hydrogen) atoms. The molecule has 1 aliphatic carbocycles. The number of halogens is 1. The maximum atomic E-state index is 13.1. The van der Waals surface area contributed by atoms with Gasteiger partial charge in [-0.15, -0.1) is 0 Å². The highest BCUT2D eigenvalue weighted by molar-refractivity contribution is 7.89. The van der Waals surface area contributed by atoms with Gasteiger partial charge in [-0.25, -0.2) is 17.6 Å². The van der Waals surface area contributed by atoms with Crippen molar-refractivity contribution in [3.05, 3.63) is 30.1 Å². The van der Waals surface area contributed by atoms with Crippen molar-refractivity contribution in [1.82, 2.24) is 19.8 Å². The first-order valence-electron chi connectivity index (χ1n) is 10.4. The number of amides is 3. The predicted molar refractivity (Wildman–Crippen MR) is 110 cm³/mol. The lowest BCUT2D eigenvalue weighted by molar-refractivity contribution is -0.120. The van der Waals surface area contributed by atoms with E-state index in [-0.39, 0.29) is 23.3 Å². The van der Waals surface area contributed by atoms with E-state index in [0.29, 0.717) is 39.1 Å². The molecule has 3 amide bonds. The molecule has 2 N–H and O–H groups in total. The molecule has 0 spiro atoms. The summed E-state index contributed by atoms with van der Waals surface area (Å²) in [5.74, 6) is -0.822. The van der Waals surface area contributed by atoms with Gasteiger partial charge in [-0.05, 0) is 50.1 Å². The Balaban J connectivity index is 1.44. The van der Waals surface area contributed by atoms with Gasteiger partial charge >= 0.3 is 6.03 Å². The van der Waals surface area contributed by atoms with E-state index in [1.165, 1.54) is 16.4 Å². The molecule has 1 saturated heterocycles. The number of hydrogen-bond donors (Lipinski definition) is 2. The smallest absolute Gasteiger partial charge is 0.321 e. The van der Waals surface area contributed by atoms with Crippen LogP contribution in [-0.4, -0.2) is 68.3 Å². The van der Waals surface area contributed by atoms with Crippen LogP contribution in [-0.2, 0) is 14.8 Å². The third-order valence-electron chi connectivity index (χ3n) is 5.60. The van der Waals surface area contributed by atoms with E-state index < -0.39 is 21.9 Å². The zero-order valence-corrected chi connectivity index (χ0v) is 17.8. The Morgan fingerprint density at radius 3 is 2.40 bits per heavy atom. The van der Waals surface area contributed by atoms with Crippen LogP contribution in [0.15, 0.2) is 29.2 Å². The van der Waals surface area contributed by atoms with Crippen molar-refractivity contribution in [2.75, 3.05) is 32.7 Å². The van der Waals surface area contributed by atoms with Crippen LogP contribution < -0.4 is 10.6 Å². The molecule has 0 bridgehead atoms. The van der Waals surface area contributed by atoms with Crippen LogP contribution in [0.1, 0.15) is 38.5 Å². The van der Waals surface area contributed by atoms with Gasteiger partial charge in [-0.2, -0.15) is 4.31 Å². The molecule has 0 atom stereocenters. The van der Waals surface area contributed by atoms with Crippen LogP contribution in [0.5, 0.6) is 0 Å². The average Bonchev–Trinajstić information content (AvgIpc) is 3.08. The number of carbonyl (C=O) groups is 2. The van der Waals surface area contributed by atoms with Crippen LogP contribution in [0.3, 0.4) is 0 Å². The van der Waals surface area contributed by atoms with Gasteiger partial charge in [0, 0.05) is 38.6 Å². The van der Waals surface area contributed by atoms with E-state index >= 15 is 0 Å². The molecule has 1 saturated carbocycles. The fraction of sp³-hybridized carbons (Fsp3) is 0.600. The number of nitrogens with zero attached hydrogens (tertiary/aromatic N) is 2. The minimum absolute atomic E-state index is 0.0741. The first kappa shape index (κ1) is 22.6. The van der Waals surface area contributed by atoms with Crippen LogP contribution in [0, 0.1) is 5.82 Å². The Bertz CT molecular complexity index is 841. The molecule has 1 aromatic rings. The van der Waals surface area contributed by atoms with Crippen LogP contribution in [0.25, 0.3) is 0 Å². The molecule has 2 fully saturated rings. The number of carbonyl (C=O) groups excluding carboxylic acids is 2. The maximum Gasteiger partial charge on any atom is 0.321 e. The van der Waals surface area contributed by atoms with E-state index in [1.54, 1.807) is 0 Å². The van der Waals surface area contributed by atoms with Crippen molar-refractivity contribution in [3.63, 3.8) is 0 Å². The fourth-order valence-electron chi connectivity index (χ4n) is 3.91. The van der Waals surface area contributed by atoms with E-state index in [2.05, 4.69) is 10.6 Å². The van der Waals surface area contributed by atoms with Crippen molar-refractivity contribution in [3.8, 4) is 0 Å². The highest BCUT2D eigenvalue weighted by Crippen LogP contribution is 2.19. The Hall–Kier alpha value is -2.04. The molecule has 0 aromatic heterocycles. The molecular weight excluding hydrogens is 411 g/mol. The highest BCUT2D eigenvalue weighted by atomic mass is 32.2. The lowest BCUT2D eigenvalue weighted by Gasteiger charge is -2.21. The summed E-state index contributed by atoms with van der Waals surface area (Å²) in [4.78, 5) is 26.0. The Morgan fingerprint density at radius 2 is 1.70 bits per heavy atom. The average molecular weight is 441 g/mol. The summed E-state index contributed by atoms with van der Waals surface area (Å²) in [5.41, 5.74) is 0. The number of imide groups is 1. The molecule has 1 aromatic carbocycles. The predicted octanol–water partition coefficient (Wildman–Crippen LogP) is 1.68. The van der Waals surface area contributed by atoms with Crippen molar-refractivity contribution >= 4 is 22.0 Å². The van der Waals surface area contributed by atoms with Gasteiger partial charge in [0.25, 0.3) is 0 Å². The standard InChI is InChI=1S/C20H29FN4O4S/c21-16-6-8-18(9-7-16)30(28,29)25-12-3-11-24(14-15-25)13-10-19(26)23-20(27)22-17-4-1-2-5-17/h6-9,17H,1-5,10-15H2,(H2,22,23,26,27). The quantitative estimate of drug-likeness (QED) is 0.701. The van der Waals surface area contributed by atoms with Gasteiger partial charge in [-0.1, -0.05) is 12.8 Å². The number of urea groups is 1. The highest BCUT2D eigenvalue weighted by Gasteiger charge is 2.27. The zero-order valence-electron chi connectivity index (χ0n) is 17.0. The molecular formula is C20H29FN4O4S. The largest absolute Gasteiger partial charge is 0.335 e. The SMILES string of the molecule is O=C(CCN1CCCN(S(=O)(=O)c2ccc(F)cc2)CC1)NC(=O)NC1CCCC1. The lowest BCUT2D eigenvalue weighted by Crippen LogP contribution is -2.44. The molecule has 3 rings (SSSR count). The van der Waals surface area contributed by atoms with E-state index in [4.69, 9.17) is 0 Å². The molecule has 2 aliphatic rings. The van der Waals surface area contributed by atoms with Gasteiger partial charge in [0.15, 0.2) is 0 Å². The van der Waals surface area contributed by atoms with Gasteiger partial charge in [-0.3, -0.25) is 10.1 Å². The first-order chi connectivity index (χ1) is 14.3. The summed E-state index contributed by atoms with van der Waals surface area (Å²) >= 11 is 0. The summed E-state index contributed by atoms with van der Waals surface area (Å²) in [5, 5.41) is 5.19. The van der Waals surface area contributed by atoms with Crippen molar-refractivity contribution < 1.29 is 22.4 Å². The van der Waals surface area contributed by atoms with Crippen LogP contribution in [0.4, 0.5) is 9.18 Å². The Kier molecular flexibility index (Phi) is 7.79. The Morgan fingerprint density at radius 1 is 1.00 bits per heavy atom. The molecule has 8 nitrogen and oxygen atoms in total. The summed E-state index contributed by atoms with van der Waals surface area (Å²) in [7, 11) is -3.68. The number of sulfonamides is 1. The van der Waals surface area contributed by atoms with Crippen molar-refractivity contribution in [2.24, 2.45) is 0 Å². The number of nitrogens with one attached hydrogen (secondary N) is 2. The molecule has 10 heteroatoms. The third kappa shape index (κ3) is 6.23. The monoisotopic (exact) mass is 440 g/mol. The van der Waals surface area contributed by atoms with Gasteiger partial charge in [0.1, 0.15) is 5.82 Å². The second-order valence-electron chi connectivity index (χ2n) is 7.81. The summed E-state index contributed by atoms with van der Waals surface area (Å²) < 4.78 is 40.0. The second-order valence-corrected chi connectivity index (χ2v) is 9.74. The van der Waals surface area contributed by atoms with Crippen LogP contribution >= 0.6 is 0 Å². The minimum atomic E-state index is -3.68. The number of benzene rings is 1. The Labute approximate surface area is 176 Å². The molecule has 0 unspecified atom stereocenters.